The zero-order valence-electron chi connectivity index (χ0n) is 7.86. The maximum atomic E-state index is 13.3. The van der Waals surface area contributed by atoms with Crippen molar-refractivity contribution < 1.29 is 39.5 Å². The molecule has 0 fully saturated rings. The maximum absolute atomic E-state index is 13.3. The van der Waals surface area contributed by atoms with Gasteiger partial charge in [-0.2, -0.15) is 13.2 Å². The molecule has 0 saturated heterocycles. The molecule has 0 unspecified atom stereocenters. The van der Waals surface area contributed by atoms with Crippen molar-refractivity contribution in [3.05, 3.63) is 23.3 Å². The molecule has 11 heteroatoms. The third-order valence-corrected chi connectivity index (χ3v) is 2.94. The van der Waals surface area contributed by atoms with E-state index in [4.69, 9.17) is 0 Å². The van der Waals surface area contributed by atoms with Gasteiger partial charge >= 0.3 is 6.61 Å². The average molecular weight is 315 g/mol. The van der Waals surface area contributed by atoms with Crippen molar-refractivity contribution >= 4 is 19.7 Å². The van der Waals surface area contributed by atoms with E-state index in [9.17, 15) is 34.8 Å². The van der Waals surface area contributed by atoms with Gasteiger partial charge in [-0.25, -0.2) is 21.6 Å². The number of benzene rings is 1. The quantitative estimate of drug-likeness (QED) is 0.373. The Balaban J connectivity index is 3.71. The number of hydrogen-bond acceptors (Lipinski definition) is 3. The summed E-state index contributed by atoms with van der Waals surface area (Å²) in [5.74, 6) is -11.9. The summed E-state index contributed by atoms with van der Waals surface area (Å²) in [6.07, 6.45) is 0. The average Bonchev–Trinajstić information content (AvgIpc) is 2.19. The fourth-order valence-electron chi connectivity index (χ4n) is 0.998. The van der Waals surface area contributed by atoms with Gasteiger partial charge in [-0.05, 0) is 0 Å². The number of halogens is 7. The van der Waals surface area contributed by atoms with Crippen molar-refractivity contribution in [2.24, 2.45) is 0 Å². The molecule has 1 aromatic carbocycles. The normalized spacial score (nSPS) is 12.0. The lowest BCUT2D eigenvalue weighted by Gasteiger charge is -2.10. The van der Waals surface area contributed by atoms with Gasteiger partial charge in [-0.15, -0.1) is 0 Å². The summed E-state index contributed by atoms with van der Waals surface area (Å²) < 4.78 is 100. The highest BCUT2D eigenvalue weighted by Crippen LogP contribution is 2.34. The first kappa shape index (κ1) is 14.9. The second-order valence-corrected chi connectivity index (χ2v) is 5.23. The van der Waals surface area contributed by atoms with Crippen LogP contribution in [-0.2, 0) is 9.05 Å². The van der Waals surface area contributed by atoms with Gasteiger partial charge in [0.2, 0.25) is 11.6 Å². The van der Waals surface area contributed by atoms with Crippen LogP contribution in [0.15, 0.2) is 4.90 Å². The Morgan fingerprint density at radius 2 is 1.44 bits per heavy atom. The van der Waals surface area contributed by atoms with Gasteiger partial charge < -0.3 is 4.74 Å². The van der Waals surface area contributed by atoms with E-state index in [1.807, 2.05) is 0 Å². The van der Waals surface area contributed by atoms with E-state index in [1.165, 1.54) is 0 Å². The van der Waals surface area contributed by atoms with E-state index in [2.05, 4.69) is 15.4 Å². The zero-order valence-corrected chi connectivity index (χ0v) is 9.43. The lowest BCUT2D eigenvalue weighted by Crippen LogP contribution is -2.12. The summed E-state index contributed by atoms with van der Waals surface area (Å²) in [6.45, 7) is -3.79. The lowest BCUT2D eigenvalue weighted by atomic mass is 10.3. The Hall–Kier alpha value is -1.16. The summed E-state index contributed by atoms with van der Waals surface area (Å²) in [7, 11) is -0.609. The van der Waals surface area contributed by atoms with Crippen molar-refractivity contribution in [3.63, 3.8) is 0 Å². The Morgan fingerprint density at radius 3 is 1.83 bits per heavy atom. The molecule has 0 aromatic heterocycles. The Labute approximate surface area is 100 Å². The molecule has 0 aliphatic heterocycles. The number of hydrogen-bond donors (Lipinski definition) is 0. The van der Waals surface area contributed by atoms with Gasteiger partial charge in [0.1, 0.15) is 0 Å². The fourth-order valence-corrected chi connectivity index (χ4v) is 2.01. The topological polar surface area (TPSA) is 43.4 Å². The molecule has 0 bridgehead atoms. The highest BCUT2D eigenvalue weighted by Gasteiger charge is 2.34. The van der Waals surface area contributed by atoms with Crippen LogP contribution in [0.4, 0.5) is 26.3 Å². The molecule has 0 N–H and O–H groups in total. The Bertz CT molecular complexity index is 588. The van der Waals surface area contributed by atoms with Crippen LogP contribution in [0.1, 0.15) is 0 Å². The molecular weight excluding hydrogens is 314 g/mol. The molecule has 3 nitrogen and oxygen atoms in total. The molecule has 1 aromatic rings. The highest BCUT2D eigenvalue weighted by atomic mass is 35.7. The fraction of sp³-hybridized carbons (Fsp3) is 0.143. The molecule has 0 saturated carbocycles. The molecule has 0 heterocycles. The maximum Gasteiger partial charge on any atom is 0.387 e. The van der Waals surface area contributed by atoms with Crippen LogP contribution in [0.3, 0.4) is 0 Å². The number of ether oxygens (including phenoxy) is 1. The summed E-state index contributed by atoms with van der Waals surface area (Å²) in [5, 5.41) is 0. The monoisotopic (exact) mass is 314 g/mol. The van der Waals surface area contributed by atoms with Crippen molar-refractivity contribution in [3.8, 4) is 5.75 Å². The SMILES string of the molecule is O=S(=O)(Cl)c1c(F)c(F)c(F)c(OC(F)F)c1F. The summed E-state index contributed by atoms with van der Waals surface area (Å²) in [4.78, 5) is -2.11. The molecule has 0 spiro atoms. The predicted molar refractivity (Wildman–Crippen MR) is 45.9 cm³/mol. The predicted octanol–water partition coefficient (Wildman–Crippen LogP) is 2.77. The molecular formula is C7HClF6O3S. The van der Waals surface area contributed by atoms with Gasteiger partial charge in [0.25, 0.3) is 9.05 Å². The molecule has 0 aliphatic carbocycles. The molecule has 1 rings (SSSR count). The van der Waals surface area contributed by atoms with Crippen molar-refractivity contribution in [2.75, 3.05) is 0 Å². The smallest absolute Gasteiger partial charge is 0.387 e. The van der Waals surface area contributed by atoms with Crippen molar-refractivity contribution in [1.29, 1.82) is 0 Å². The van der Waals surface area contributed by atoms with Crippen molar-refractivity contribution in [2.45, 2.75) is 11.5 Å². The van der Waals surface area contributed by atoms with Gasteiger partial charge in [-0.1, -0.05) is 0 Å². The standard InChI is InChI=1S/C7HClF6O3S/c8-18(15,16)6-3(11)1(9)2(10)5(4(6)12)17-7(13)14/h7H. The summed E-state index contributed by atoms with van der Waals surface area (Å²) >= 11 is 0. The number of rotatable bonds is 3. The van der Waals surface area contributed by atoms with Crippen LogP contribution in [-0.4, -0.2) is 15.0 Å². The van der Waals surface area contributed by atoms with Crippen LogP contribution in [0.5, 0.6) is 5.75 Å². The first-order valence-corrected chi connectivity index (χ1v) is 6.13. The minimum atomic E-state index is -5.17. The summed E-state index contributed by atoms with van der Waals surface area (Å²) in [5.41, 5.74) is 0. The van der Waals surface area contributed by atoms with E-state index in [0.29, 0.717) is 0 Å². The molecule has 0 aliphatic rings. The van der Waals surface area contributed by atoms with E-state index in [-0.39, 0.29) is 0 Å². The van der Waals surface area contributed by atoms with E-state index >= 15 is 0 Å². The van der Waals surface area contributed by atoms with Crippen LogP contribution in [0.25, 0.3) is 0 Å². The van der Waals surface area contributed by atoms with Crippen LogP contribution < -0.4 is 4.74 Å². The second-order valence-electron chi connectivity index (χ2n) is 2.73. The largest absolute Gasteiger partial charge is 0.428 e. The zero-order chi connectivity index (χ0) is 14.2. The minimum Gasteiger partial charge on any atom is -0.428 e. The van der Waals surface area contributed by atoms with Gasteiger partial charge in [0.15, 0.2) is 22.3 Å². The molecule has 18 heavy (non-hydrogen) atoms. The first-order chi connectivity index (χ1) is 8.07. The third-order valence-electron chi connectivity index (χ3n) is 1.63. The first-order valence-electron chi connectivity index (χ1n) is 3.82. The Kier molecular flexibility index (Phi) is 4.01. The van der Waals surface area contributed by atoms with Crippen LogP contribution in [0, 0.1) is 23.3 Å². The minimum absolute atomic E-state index is 2.08. The molecule has 0 amide bonds. The van der Waals surface area contributed by atoms with Gasteiger partial charge in [0.05, 0.1) is 0 Å². The van der Waals surface area contributed by atoms with E-state index < -0.39 is 49.6 Å². The number of alkyl halides is 2. The highest BCUT2D eigenvalue weighted by molar-refractivity contribution is 8.13. The Morgan fingerprint density at radius 1 is 0.944 bits per heavy atom. The van der Waals surface area contributed by atoms with Crippen LogP contribution in [0.2, 0.25) is 0 Å². The third kappa shape index (κ3) is 2.64. The molecule has 102 valence electrons. The lowest BCUT2D eigenvalue weighted by molar-refractivity contribution is -0.0555. The van der Waals surface area contributed by atoms with Crippen molar-refractivity contribution in [1.82, 2.24) is 0 Å². The summed E-state index contributed by atoms with van der Waals surface area (Å²) in [6, 6.07) is 0. The van der Waals surface area contributed by atoms with Gasteiger partial charge in [-0.3, -0.25) is 0 Å². The molecule has 0 radical (unpaired) electrons. The van der Waals surface area contributed by atoms with E-state index in [1.54, 1.807) is 0 Å². The van der Waals surface area contributed by atoms with E-state index in [0.717, 1.165) is 0 Å². The second kappa shape index (κ2) is 4.84. The van der Waals surface area contributed by atoms with Gasteiger partial charge in [0, 0.05) is 10.7 Å². The van der Waals surface area contributed by atoms with Crippen LogP contribution >= 0.6 is 10.7 Å². The molecule has 0 atom stereocenters.